The summed E-state index contributed by atoms with van der Waals surface area (Å²) in [5, 5.41) is 0. The van der Waals surface area contributed by atoms with Gasteiger partial charge < -0.3 is 9.47 Å². The zero-order valence-corrected chi connectivity index (χ0v) is 13.5. The molecule has 1 aromatic carbocycles. The van der Waals surface area contributed by atoms with E-state index in [0.717, 1.165) is 24.8 Å². The quantitative estimate of drug-likeness (QED) is 0.538. The summed E-state index contributed by atoms with van der Waals surface area (Å²) >= 11 is 0. The molecule has 0 N–H and O–H groups in total. The van der Waals surface area contributed by atoms with Gasteiger partial charge in [-0.25, -0.2) is 0 Å². The minimum absolute atomic E-state index is 0.292. The number of rotatable bonds is 8. The fourth-order valence-corrected chi connectivity index (χ4v) is 2.08. The van der Waals surface area contributed by atoms with Crippen LogP contribution in [0, 0.1) is 0 Å². The Morgan fingerprint density at radius 2 is 1.68 bits per heavy atom. The fraction of sp³-hybridized carbons (Fsp3) is 0.444. The highest BCUT2D eigenvalue weighted by atomic mass is 16.5. The minimum Gasteiger partial charge on any atom is -0.458 e. The van der Waals surface area contributed by atoms with E-state index in [2.05, 4.69) is 6.92 Å². The van der Waals surface area contributed by atoms with Gasteiger partial charge in [0.25, 0.3) is 0 Å². The first kappa shape index (κ1) is 18.0. The molecule has 0 aliphatic heterocycles. The highest BCUT2D eigenvalue weighted by Crippen LogP contribution is 2.20. The maximum atomic E-state index is 11.3. The van der Waals surface area contributed by atoms with E-state index in [1.54, 1.807) is 12.2 Å². The molecule has 1 aromatic rings. The van der Waals surface area contributed by atoms with Crippen molar-refractivity contribution < 1.29 is 19.1 Å². The molecule has 4 nitrogen and oxygen atoms in total. The molecular formula is C18H24O4. The molecule has 0 aliphatic rings. The molecule has 22 heavy (non-hydrogen) atoms. The minimum atomic E-state index is -0.474. The van der Waals surface area contributed by atoms with Gasteiger partial charge in [0.15, 0.2) is 0 Å². The van der Waals surface area contributed by atoms with Crippen molar-refractivity contribution in [3.63, 3.8) is 0 Å². The van der Waals surface area contributed by atoms with E-state index < -0.39 is 6.10 Å². The van der Waals surface area contributed by atoms with E-state index in [1.165, 1.54) is 13.8 Å². The summed E-state index contributed by atoms with van der Waals surface area (Å²) in [6, 6.07) is 9.47. The molecule has 0 spiro atoms. The summed E-state index contributed by atoms with van der Waals surface area (Å²) in [7, 11) is 0. The second-order valence-electron chi connectivity index (χ2n) is 5.12. The van der Waals surface area contributed by atoms with Crippen LogP contribution in [0.5, 0.6) is 0 Å². The number of esters is 2. The van der Waals surface area contributed by atoms with Crippen LogP contribution in [0.15, 0.2) is 42.5 Å². The lowest BCUT2D eigenvalue weighted by Crippen LogP contribution is -2.14. The SMILES string of the molecule is CCCCC(/C=C\C(OC(C)=O)c1ccccc1)OC(C)=O. The Bertz CT molecular complexity index is 493. The van der Waals surface area contributed by atoms with E-state index in [-0.39, 0.29) is 18.0 Å². The zero-order chi connectivity index (χ0) is 16.4. The third-order valence-electron chi connectivity index (χ3n) is 3.08. The van der Waals surface area contributed by atoms with Crippen molar-refractivity contribution in [2.24, 2.45) is 0 Å². The topological polar surface area (TPSA) is 52.6 Å². The third kappa shape index (κ3) is 7.07. The number of unbranched alkanes of at least 4 members (excludes halogenated alkanes) is 1. The summed E-state index contributed by atoms with van der Waals surface area (Å²) < 4.78 is 10.6. The number of benzene rings is 1. The lowest BCUT2D eigenvalue weighted by atomic mass is 10.1. The first-order chi connectivity index (χ1) is 10.5. The van der Waals surface area contributed by atoms with Crippen LogP contribution in [-0.4, -0.2) is 18.0 Å². The molecule has 0 heterocycles. The monoisotopic (exact) mass is 304 g/mol. The van der Waals surface area contributed by atoms with Crippen LogP contribution in [0.1, 0.15) is 51.7 Å². The van der Waals surface area contributed by atoms with Crippen LogP contribution in [-0.2, 0) is 19.1 Å². The van der Waals surface area contributed by atoms with Crippen LogP contribution in [0.25, 0.3) is 0 Å². The number of carbonyl (C=O) groups is 2. The molecule has 0 saturated heterocycles. The molecular weight excluding hydrogens is 280 g/mol. The van der Waals surface area contributed by atoms with Crippen molar-refractivity contribution in [1.82, 2.24) is 0 Å². The molecule has 1 rings (SSSR count). The zero-order valence-electron chi connectivity index (χ0n) is 13.5. The fourth-order valence-electron chi connectivity index (χ4n) is 2.08. The van der Waals surface area contributed by atoms with Crippen LogP contribution in [0.3, 0.4) is 0 Å². The van der Waals surface area contributed by atoms with E-state index in [9.17, 15) is 9.59 Å². The summed E-state index contributed by atoms with van der Waals surface area (Å²) in [5.41, 5.74) is 0.881. The van der Waals surface area contributed by atoms with Gasteiger partial charge in [-0.05, 0) is 30.6 Å². The summed E-state index contributed by atoms with van der Waals surface area (Å²) in [6.07, 6.45) is 5.56. The van der Waals surface area contributed by atoms with Gasteiger partial charge in [0.05, 0.1) is 0 Å². The number of hydrogen-bond donors (Lipinski definition) is 0. The molecule has 0 aromatic heterocycles. The third-order valence-corrected chi connectivity index (χ3v) is 3.08. The lowest BCUT2D eigenvalue weighted by Gasteiger charge is -2.16. The van der Waals surface area contributed by atoms with Crippen molar-refractivity contribution in [1.29, 1.82) is 0 Å². The largest absolute Gasteiger partial charge is 0.458 e. The average molecular weight is 304 g/mol. The first-order valence-corrected chi connectivity index (χ1v) is 7.60. The Morgan fingerprint density at radius 3 is 2.23 bits per heavy atom. The number of ether oxygens (including phenoxy) is 2. The molecule has 2 unspecified atom stereocenters. The van der Waals surface area contributed by atoms with Crippen molar-refractivity contribution in [2.75, 3.05) is 0 Å². The number of carbonyl (C=O) groups excluding carboxylic acids is 2. The first-order valence-electron chi connectivity index (χ1n) is 7.60. The molecule has 0 saturated carbocycles. The normalized spacial score (nSPS) is 13.6. The smallest absolute Gasteiger partial charge is 0.303 e. The van der Waals surface area contributed by atoms with Crippen LogP contribution in [0.4, 0.5) is 0 Å². The van der Waals surface area contributed by atoms with Crippen LogP contribution >= 0.6 is 0 Å². The predicted molar refractivity (Wildman–Crippen MR) is 85.2 cm³/mol. The van der Waals surface area contributed by atoms with E-state index in [4.69, 9.17) is 9.47 Å². The lowest BCUT2D eigenvalue weighted by molar-refractivity contribution is -0.146. The maximum Gasteiger partial charge on any atom is 0.303 e. The van der Waals surface area contributed by atoms with Gasteiger partial charge >= 0.3 is 11.9 Å². The summed E-state index contributed by atoms with van der Waals surface area (Å²) in [6.45, 7) is 4.86. The standard InChI is InChI=1S/C18H24O4/c1-4-5-11-17(21-14(2)19)12-13-18(22-15(3)20)16-9-7-6-8-10-16/h6-10,12-13,17-18H,4-5,11H2,1-3H3/b13-12-. The van der Waals surface area contributed by atoms with Gasteiger partial charge in [0, 0.05) is 13.8 Å². The molecule has 0 amide bonds. The van der Waals surface area contributed by atoms with Crippen LogP contribution in [0.2, 0.25) is 0 Å². The average Bonchev–Trinajstić information content (AvgIpc) is 2.48. The molecule has 0 radical (unpaired) electrons. The van der Waals surface area contributed by atoms with E-state index in [1.807, 2.05) is 30.3 Å². The second-order valence-corrected chi connectivity index (χ2v) is 5.12. The second kappa shape index (κ2) is 9.77. The van der Waals surface area contributed by atoms with E-state index >= 15 is 0 Å². The number of hydrogen-bond acceptors (Lipinski definition) is 4. The predicted octanol–water partition coefficient (Wildman–Crippen LogP) is 3.97. The van der Waals surface area contributed by atoms with Gasteiger partial charge in [0.2, 0.25) is 0 Å². The Labute approximate surface area is 132 Å². The van der Waals surface area contributed by atoms with Gasteiger partial charge in [-0.2, -0.15) is 0 Å². The van der Waals surface area contributed by atoms with Gasteiger partial charge in [-0.3, -0.25) is 9.59 Å². The van der Waals surface area contributed by atoms with Gasteiger partial charge in [0.1, 0.15) is 12.2 Å². The summed E-state index contributed by atoms with van der Waals surface area (Å²) in [5.74, 6) is -0.661. The van der Waals surface area contributed by atoms with Gasteiger partial charge in [-0.15, -0.1) is 0 Å². The summed E-state index contributed by atoms with van der Waals surface area (Å²) in [4.78, 5) is 22.4. The Morgan fingerprint density at radius 1 is 1.05 bits per heavy atom. The van der Waals surface area contributed by atoms with Crippen molar-refractivity contribution in [3.05, 3.63) is 48.0 Å². The Balaban J connectivity index is 2.84. The Hall–Kier alpha value is -2.10. The highest BCUT2D eigenvalue weighted by molar-refractivity contribution is 5.67. The molecule has 120 valence electrons. The van der Waals surface area contributed by atoms with Gasteiger partial charge in [-0.1, -0.05) is 43.7 Å². The Kier molecular flexibility index (Phi) is 7.97. The molecule has 0 aliphatic carbocycles. The molecule has 4 heteroatoms. The van der Waals surface area contributed by atoms with Crippen molar-refractivity contribution in [3.8, 4) is 0 Å². The highest BCUT2D eigenvalue weighted by Gasteiger charge is 2.13. The molecule has 2 atom stereocenters. The van der Waals surface area contributed by atoms with Crippen LogP contribution < -0.4 is 0 Å². The van der Waals surface area contributed by atoms with E-state index in [0.29, 0.717) is 0 Å². The molecule has 0 fully saturated rings. The maximum absolute atomic E-state index is 11.3. The van der Waals surface area contributed by atoms with Crippen molar-refractivity contribution in [2.45, 2.75) is 52.2 Å². The molecule has 0 bridgehead atoms. The van der Waals surface area contributed by atoms with Crippen molar-refractivity contribution >= 4 is 11.9 Å².